The van der Waals surface area contributed by atoms with Crippen molar-refractivity contribution in [3.63, 3.8) is 0 Å². The van der Waals surface area contributed by atoms with Gasteiger partial charge in [0.1, 0.15) is 0 Å². The Labute approximate surface area is 134 Å². The van der Waals surface area contributed by atoms with Crippen molar-refractivity contribution >= 4 is 11.6 Å². The number of aromatic nitrogens is 3. The van der Waals surface area contributed by atoms with Gasteiger partial charge in [-0.2, -0.15) is 0 Å². The first-order valence-corrected chi connectivity index (χ1v) is 7.65. The van der Waals surface area contributed by atoms with Crippen LogP contribution in [0.5, 0.6) is 0 Å². The molecule has 1 aliphatic heterocycles. The number of amides is 1. The molecule has 0 atom stereocenters. The van der Waals surface area contributed by atoms with Gasteiger partial charge in [-0.05, 0) is 23.6 Å². The number of carbonyl (C=O) groups excluding carboxylic acids is 1. The van der Waals surface area contributed by atoms with Crippen molar-refractivity contribution in [2.24, 2.45) is 0 Å². The number of para-hydroxylation sites is 1. The predicted molar refractivity (Wildman–Crippen MR) is 87.4 cm³/mol. The van der Waals surface area contributed by atoms with Crippen LogP contribution < -0.4 is 4.90 Å². The second-order valence-corrected chi connectivity index (χ2v) is 5.62. The van der Waals surface area contributed by atoms with Crippen LogP contribution in [0.2, 0.25) is 0 Å². The number of hydrogen-bond donors (Lipinski definition) is 0. The minimum absolute atomic E-state index is 0.0886. The van der Waals surface area contributed by atoms with E-state index in [1.54, 1.807) is 15.8 Å². The molecule has 0 fully saturated rings. The largest absolute Gasteiger partial charge is 0.306 e. The summed E-state index contributed by atoms with van der Waals surface area (Å²) in [7, 11) is 0. The van der Waals surface area contributed by atoms with E-state index in [4.69, 9.17) is 0 Å². The van der Waals surface area contributed by atoms with Crippen molar-refractivity contribution in [3.8, 4) is 0 Å². The summed E-state index contributed by atoms with van der Waals surface area (Å²) >= 11 is 0. The lowest BCUT2D eigenvalue weighted by Gasteiger charge is -2.15. The standard InChI is InChI=1S/C18H16N4O/c23-18(22-11-10-15-8-4-5-9-17(15)22)16-13-21(20-19-16)12-14-6-2-1-3-7-14/h1-9,13H,10-12H2. The van der Waals surface area contributed by atoms with Crippen molar-refractivity contribution in [1.82, 2.24) is 15.0 Å². The lowest BCUT2D eigenvalue weighted by Crippen LogP contribution is -2.29. The highest BCUT2D eigenvalue weighted by atomic mass is 16.2. The monoisotopic (exact) mass is 304 g/mol. The number of anilines is 1. The van der Waals surface area contributed by atoms with Crippen LogP contribution in [0, 0.1) is 0 Å². The van der Waals surface area contributed by atoms with Crippen LogP contribution in [0.1, 0.15) is 21.6 Å². The molecule has 1 amide bonds. The van der Waals surface area contributed by atoms with Crippen molar-refractivity contribution in [2.45, 2.75) is 13.0 Å². The van der Waals surface area contributed by atoms with Crippen LogP contribution in [0.15, 0.2) is 60.8 Å². The van der Waals surface area contributed by atoms with Crippen LogP contribution in [-0.4, -0.2) is 27.4 Å². The van der Waals surface area contributed by atoms with Gasteiger partial charge in [0.25, 0.3) is 5.91 Å². The van der Waals surface area contributed by atoms with Crippen LogP contribution in [0.25, 0.3) is 0 Å². The zero-order chi connectivity index (χ0) is 15.6. The first kappa shape index (κ1) is 13.7. The molecule has 3 aromatic rings. The maximum absolute atomic E-state index is 12.7. The molecule has 0 aliphatic carbocycles. The van der Waals surface area contributed by atoms with E-state index in [-0.39, 0.29) is 5.91 Å². The van der Waals surface area contributed by atoms with Crippen molar-refractivity contribution in [1.29, 1.82) is 0 Å². The van der Waals surface area contributed by atoms with Gasteiger partial charge in [0.2, 0.25) is 0 Å². The van der Waals surface area contributed by atoms with Crippen LogP contribution >= 0.6 is 0 Å². The smallest absolute Gasteiger partial charge is 0.280 e. The van der Waals surface area contributed by atoms with E-state index in [0.717, 1.165) is 17.7 Å². The number of carbonyl (C=O) groups is 1. The molecular formula is C18H16N4O. The maximum Gasteiger partial charge on any atom is 0.280 e. The highest BCUT2D eigenvalue weighted by Gasteiger charge is 2.26. The SMILES string of the molecule is O=C(c1cn(Cc2ccccc2)nn1)N1CCc2ccccc21. The normalized spacial score (nSPS) is 13.1. The molecule has 2 heterocycles. The van der Waals surface area contributed by atoms with Gasteiger partial charge in [-0.25, -0.2) is 4.68 Å². The molecule has 0 radical (unpaired) electrons. The molecule has 1 aromatic heterocycles. The van der Waals surface area contributed by atoms with E-state index in [1.165, 1.54) is 5.56 Å². The van der Waals surface area contributed by atoms with Gasteiger partial charge in [0, 0.05) is 12.2 Å². The van der Waals surface area contributed by atoms with Gasteiger partial charge in [0.15, 0.2) is 5.69 Å². The zero-order valence-corrected chi connectivity index (χ0v) is 12.6. The molecule has 0 N–H and O–H groups in total. The fraction of sp³-hybridized carbons (Fsp3) is 0.167. The molecule has 5 heteroatoms. The van der Waals surface area contributed by atoms with Gasteiger partial charge in [-0.1, -0.05) is 53.7 Å². The summed E-state index contributed by atoms with van der Waals surface area (Å²) in [5, 5.41) is 8.13. The highest BCUT2D eigenvalue weighted by Crippen LogP contribution is 2.28. The molecule has 114 valence electrons. The fourth-order valence-electron chi connectivity index (χ4n) is 2.93. The fourth-order valence-corrected chi connectivity index (χ4v) is 2.93. The van der Waals surface area contributed by atoms with E-state index in [2.05, 4.69) is 16.4 Å². The molecule has 0 spiro atoms. The Kier molecular flexibility index (Phi) is 3.38. The Hall–Kier alpha value is -2.95. The summed E-state index contributed by atoms with van der Waals surface area (Å²) < 4.78 is 1.70. The molecule has 1 aliphatic rings. The Bertz CT molecular complexity index is 841. The highest BCUT2D eigenvalue weighted by molar-refractivity contribution is 6.05. The third-order valence-electron chi connectivity index (χ3n) is 4.08. The van der Waals surface area contributed by atoms with Crippen LogP contribution in [-0.2, 0) is 13.0 Å². The molecule has 2 aromatic carbocycles. The summed E-state index contributed by atoms with van der Waals surface area (Å²) in [6, 6.07) is 18.0. The quantitative estimate of drug-likeness (QED) is 0.747. The first-order valence-electron chi connectivity index (χ1n) is 7.65. The van der Waals surface area contributed by atoms with E-state index >= 15 is 0 Å². The van der Waals surface area contributed by atoms with Gasteiger partial charge in [0.05, 0.1) is 12.7 Å². The molecule has 0 unspecified atom stereocenters. The van der Waals surface area contributed by atoms with Gasteiger partial charge >= 0.3 is 0 Å². The van der Waals surface area contributed by atoms with Crippen molar-refractivity contribution in [2.75, 3.05) is 11.4 Å². The van der Waals surface area contributed by atoms with E-state index in [9.17, 15) is 4.79 Å². The van der Waals surface area contributed by atoms with Gasteiger partial charge in [-0.15, -0.1) is 5.10 Å². The number of fused-ring (bicyclic) bond motifs is 1. The second kappa shape index (κ2) is 5.68. The Morgan fingerprint density at radius 3 is 2.70 bits per heavy atom. The third-order valence-corrected chi connectivity index (χ3v) is 4.08. The minimum Gasteiger partial charge on any atom is -0.306 e. The van der Waals surface area contributed by atoms with Crippen molar-refractivity contribution in [3.05, 3.63) is 77.6 Å². The summed E-state index contributed by atoms with van der Waals surface area (Å²) in [5.41, 5.74) is 3.70. The average Bonchev–Trinajstić information content (AvgIpc) is 3.22. The van der Waals surface area contributed by atoms with Gasteiger partial charge < -0.3 is 4.90 Å². The molecule has 0 saturated heterocycles. The molecular weight excluding hydrogens is 288 g/mol. The lowest BCUT2D eigenvalue weighted by atomic mass is 10.2. The third kappa shape index (κ3) is 2.61. The van der Waals surface area contributed by atoms with Crippen molar-refractivity contribution < 1.29 is 4.79 Å². The molecule has 4 rings (SSSR count). The molecule has 23 heavy (non-hydrogen) atoms. The lowest BCUT2D eigenvalue weighted by molar-refractivity contribution is 0.0984. The summed E-state index contributed by atoms with van der Waals surface area (Å²) in [6.07, 6.45) is 2.61. The Balaban J connectivity index is 1.54. The van der Waals surface area contributed by atoms with E-state index in [0.29, 0.717) is 18.8 Å². The minimum atomic E-state index is -0.0886. The number of nitrogens with zero attached hydrogens (tertiary/aromatic N) is 4. The zero-order valence-electron chi connectivity index (χ0n) is 12.6. The average molecular weight is 304 g/mol. The van der Waals surface area contributed by atoms with E-state index in [1.807, 2.05) is 48.5 Å². The second-order valence-electron chi connectivity index (χ2n) is 5.62. The predicted octanol–water partition coefficient (Wildman–Crippen LogP) is 2.53. The number of hydrogen-bond acceptors (Lipinski definition) is 3. The Morgan fingerprint density at radius 1 is 1.04 bits per heavy atom. The maximum atomic E-state index is 12.7. The Morgan fingerprint density at radius 2 is 1.83 bits per heavy atom. The first-order chi connectivity index (χ1) is 11.3. The summed E-state index contributed by atoms with van der Waals surface area (Å²) in [6.45, 7) is 1.31. The van der Waals surface area contributed by atoms with Crippen LogP contribution in [0.4, 0.5) is 5.69 Å². The molecule has 5 nitrogen and oxygen atoms in total. The molecule has 0 saturated carbocycles. The number of benzene rings is 2. The topological polar surface area (TPSA) is 51.0 Å². The number of rotatable bonds is 3. The summed E-state index contributed by atoms with van der Waals surface area (Å²) in [5.74, 6) is -0.0886. The van der Waals surface area contributed by atoms with E-state index < -0.39 is 0 Å². The van der Waals surface area contributed by atoms with Gasteiger partial charge in [-0.3, -0.25) is 4.79 Å². The molecule has 0 bridgehead atoms. The summed E-state index contributed by atoms with van der Waals surface area (Å²) in [4.78, 5) is 14.5. The van der Waals surface area contributed by atoms with Crippen LogP contribution in [0.3, 0.4) is 0 Å².